The average Bonchev–Trinajstić information content (AvgIpc) is 2.49. The summed E-state index contributed by atoms with van der Waals surface area (Å²) in [6, 6.07) is 9.92. The quantitative estimate of drug-likeness (QED) is 0.493. The molecule has 0 bridgehead atoms. The van der Waals surface area contributed by atoms with Gasteiger partial charge in [0.2, 0.25) is 0 Å². The van der Waals surface area contributed by atoms with Gasteiger partial charge in [-0.1, -0.05) is 75.8 Å². The summed E-state index contributed by atoms with van der Waals surface area (Å²) in [6.45, 7) is 2.23. The Hall–Kier alpha value is -1.11. The number of Topliss-reactive ketones (excluding diaryl/α,β-unsaturated/α-hetero) is 1. The molecule has 19 heavy (non-hydrogen) atoms. The van der Waals surface area contributed by atoms with Crippen molar-refractivity contribution >= 4 is 5.78 Å². The van der Waals surface area contributed by atoms with E-state index in [9.17, 15) is 4.79 Å². The van der Waals surface area contributed by atoms with E-state index >= 15 is 0 Å². The molecule has 0 N–H and O–H groups in total. The van der Waals surface area contributed by atoms with Crippen molar-refractivity contribution < 1.29 is 4.79 Å². The van der Waals surface area contributed by atoms with Crippen molar-refractivity contribution in [3.63, 3.8) is 0 Å². The van der Waals surface area contributed by atoms with Gasteiger partial charge < -0.3 is 0 Å². The van der Waals surface area contributed by atoms with Crippen LogP contribution in [0.4, 0.5) is 0 Å². The van der Waals surface area contributed by atoms with Gasteiger partial charge >= 0.3 is 0 Å². The summed E-state index contributed by atoms with van der Waals surface area (Å²) >= 11 is 0. The number of unbranched alkanes of at least 4 members (excludes halogenated alkanes) is 2. The van der Waals surface area contributed by atoms with Crippen LogP contribution >= 0.6 is 0 Å². The van der Waals surface area contributed by atoms with E-state index in [0.717, 1.165) is 24.8 Å². The number of ketones is 1. The van der Waals surface area contributed by atoms with Crippen LogP contribution in [0.1, 0.15) is 75.1 Å². The van der Waals surface area contributed by atoms with Crippen LogP contribution in [-0.4, -0.2) is 5.78 Å². The van der Waals surface area contributed by atoms with Gasteiger partial charge in [0.25, 0.3) is 0 Å². The molecule has 104 valence electrons. The van der Waals surface area contributed by atoms with Crippen molar-refractivity contribution in [2.24, 2.45) is 5.41 Å². The molecule has 0 aromatic heterocycles. The maximum Gasteiger partial charge on any atom is 0.168 e. The van der Waals surface area contributed by atoms with Crippen LogP contribution in [0.2, 0.25) is 0 Å². The molecule has 2 rings (SSSR count). The third kappa shape index (κ3) is 3.46. The third-order valence-electron chi connectivity index (χ3n) is 4.59. The Balaban J connectivity index is 2.14. The SMILES string of the molecule is CCCCCC1(C(=O)c2ccccc2)CCCCC1. The molecule has 1 aliphatic carbocycles. The normalized spacial score (nSPS) is 18.2. The van der Waals surface area contributed by atoms with Crippen molar-refractivity contribution in [2.75, 3.05) is 0 Å². The average molecular weight is 258 g/mol. The lowest BCUT2D eigenvalue weighted by atomic mass is 9.66. The van der Waals surface area contributed by atoms with Gasteiger partial charge in [0, 0.05) is 11.0 Å². The van der Waals surface area contributed by atoms with Gasteiger partial charge in [-0.15, -0.1) is 0 Å². The van der Waals surface area contributed by atoms with Gasteiger partial charge in [-0.3, -0.25) is 4.79 Å². The van der Waals surface area contributed by atoms with Gasteiger partial charge in [0.05, 0.1) is 0 Å². The number of rotatable bonds is 6. The number of carbonyl (C=O) groups excluding carboxylic acids is 1. The second kappa shape index (κ2) is 6.88. The molecule has 1 nitrogen and oxygen atoms in total. The van der Waals surface area contributed by atoms with Gasteiger partial charge in [0.1, 0.15) is 0 Å². The van der Waals surface area contributed by atoms with Crippen LogP contribution in [-0.2, 0) is 0 Å². The zero-order valence-electron chi connectivity index (χ0n) is 12.2. The first-order valence-corrected chi connectivity index (χ1v) is 7.88. The van der Waals surface area contributed by atoms with Crippen LogP contribution in [0.5, 0.6) is 0 Å². The smallest absolute Gasteiger partial charge is 0.168 e. The Bertz CT molecular complexity index is 387. The molecular weight excluding hydrogens is 232 g/mol. The lowest BCUT2D eigenvalue weighted by Gasteiger charge is -2.36. The van der Waals surface area contributed by atoms with Crippen molar-refractivity contribution in [1.82, 2.24) is 0 Å². The summed E-state index contributed by atoms with van der Waals surface area (Å²) in [5, 5.41) is 0. The molecule has 1 saturated carbocycles. The molecular formula is C18H26O. The summed E-state index contributed by atoms with van der Waals surface area (Å²) in [6.07, 6.45) is 10.7. The Morgan fingerprint density at radius 1 is 1.05 bits per heavy atom. The molecule has 0 saturated heterocycles. The maximum atomic E-state index is 12.9. The van der Waals surface area contributed by atoms with E-state index in [-0.39, 0.29) is 5.41 Å². The Kier molecular flexibility index (Phi) is 5.18. The highest BCUT2D eigenvalue weighted by atomic mass is 16.1. The van der Waals surface area contributed by atoms with Gasteiger partial charge in [-0.2, -0.15) is 0 Å². The summed E-state index contributed by atoms with van der Waals surface area (Å²) in [5.74, 6) is 0.406. The van der Waals surface area contributed by atoms with E-state index in [1.165, 1.54) is 38.5 Å². The zero-order chi connectivity index (χ0) is 13.6. The topological polar surface area (TPSA) is 17.1 Å². The van der Waals surface area contributed by atoms with Crippen molar-refractivity contribution in [3.8, 4) is 0 Å². The first-order valence-electron chi connectivity index (χ1n) is 7.88. The molecule has 0 aliphatic heterocycles. The highest BCUT2D eigenvalue weighted by molar-refractivity contribution is 6.00. The van der Waals surface area contributed by atoms with Crippen molar-refractivity contribution in [2.45, 2.75) is 64.7 Å². The Labute approximate surface area is 117 Å². The largest absolute Gasteiger partial charge is 0.294 e. The van der Waals surface area contributed by atoms with E-state index in [2.05, 4.69) is 6.92 Å². The van der Waals surface area contributed by atoms with E-state index < -0.39 is 0 Å². The number of benzene rings is 1. The summed E-state index contributed by atoms with van der Waals surface area (Å²) in [4.78, 5) is 12.9. The van der Waals surface area contributed by atoms with Gasteiger partial charge in [-0.05, 0) is 19.3 Å². The molecule has 1 aromatic carbocycles. The van der Waals surface area contributed by atoms with E-state index in [1.54, 1.807) is 0 Å². The Morgan fingerprint density at radius 3 is 2.37 bits per heavy atom. The van der Waals surface area contributed by atoms with E-state index in [4.69, 9.17) is 0 Å². The highest BCUT2D eigenvalue weighted by Gasteiger charge is 2.38. The monoisotopic (exact) mass is 258 g/mol. The molecule has 1 aromatic rings. The standard InChI is InChI=1S/C18H26O/c1-2-3-8-13-18(14-9-5-10-15-18)17(19)16-11-6-4-7-12-16/h4,6-7,11-12H,2-3,5,8-10,13-15H2,1H3. The fraction of sp³-hybridized carbons (Fsp3) is 0.611. The number of hydrogen-bond acceptors (Lipinski definition) is 1. The maximum absolute atomic E-state index is 12.9. The molecule has 0 radical (unpaired) electrons. The predicted octanol–water partition coefficient (Wildman–Crippen LogP) is 5.40. The highest BCUT2D eigenvalue weighted by Crippen LogP contribution is 2.43. The molecule has 0 unspecified atom stereocenters. The minimum atomic E-state index is -0.0469. The zero-order valence-corrected chi connectivity index (χ0v) is 12.2. The van der Waals surface area contributed by atoms with E-state index in [0.29, 0.717) is 5.78 Å². The van der Waals surface area contributed by atoms with Crippen LogP contribution in [0.25, 0.3) is 0 Å². The minimum Gasteiger partial charge on any atom is -0.294 e. The van der Waals surface area contributed by atoms with Gasteiger partial charge in [0.15, 0.2) is 5.78 Å². The molecule has 0 atom stereocenters. The third-order valence-corrected chi connectivity index (χ3v) is 4.59. The molecule has 1 aliphatic rings. The molecule has 0 spiro atoms. The van der Waals surface area contributed by atoms with Crippen LogP contribution < -0.4 is 0 Å². The van der Waals surface area contributed by atoms with E-state index in [1.807, 2.05) is 30.3 Å². The predicted molar refractivity (Wildman–Crippen MR) is 80.4 cm³/mol. The fourth-order valence-corrected chi connectivity index (χ4v) is 3.43. The fourth-order valence-electron chi connectivity index (χ4n) is 3.43. The number of carbonyl (C=O) groups is 1. The van der Waals surface area contributed by atoms with Crippen molar-refractivity contribution in [1.29, 1.82) is 0 Å². The Morgan fingerprint density at radius 2 is 1.74 bits per heavy atom. The molecule has 1 fully saturated rings. The summed E-state index contributed by atoms with van der Waals surface area (Å²) in [5.41, 5.74) is 0.871. The second-order valence-corrected chi connectivity index (χ2v) is 5.99. The van der Waals surface area contributed by atoms with Crippen LogP contribution in [0, 0.1) is 5.41 Å². The lowest BCUT2D eigenvalue weighted by molar-refractivity contribution is 0.0683. The summed E-state index contributed by atoms with van der Waals surface area (Å²) < 4.78 is 0. The lowest BCUT2D eigenvalue weighted by Crippen LogP contribution is -2.33. The van der Waals surface area contributed by atoms with Crippen molar-refractivity contribution in [3.05, 3.63) is 35.9 Å². The van der Waals surface area contributed by atoms with Gasteiger partial charge in [-0.25, -0.2) is 0 Å². The first-order chi connectivity index (χ1) is 9.28. The molecule has 1 heteroatoms. The summed E-state index contributed by atoms with van der Waals surface area (Å²) in [7, 11) is 0. The minimum absolute atomic E-state index is 0.0469. The number of hydrogen-bond donors (Lipinski definition) is 0. The molecule has 0 heterocycles. The van der Waals surface area contributed by atoms with Crippen LogP contribution in [0.3, 0.4) is 0 Å². The second-order valence-electron chi connectivity index (χ2n) is 5.99. The van der Waals surface area contributed by atoms with Crippen LogP contribution in [0.15, 0.2) is 30.3 Å². The first kappa shape index (κ1) is 14.3. The molecule has 0 amide bonds.